The van der Waals surface area contributed by atoms with Gasteiger partial charge >= 0.3 is 0 Å². The van der Waals surface area contributed by atoms with E-state index >= 15 is 0 Å². The van der Waals surface area contributed by atoms with Crippen molar-refractivity contribution in [3.8, 4) is 22.3 Å². The molecule has 40 heavy (non-hydrogen) atoms. The van der Waals surface area contributed by atoms with Crippen molar-refractivity contribution in [2.75, 3.05) is 0 Å². The highest BCUT2D eigenvalue weighted by Gasteiger charge is 2.22. The molecular formula is C33H20N2O5. The van der Waals surface area contributed by atoms with Gasteiger partial charge in [-0.3, -0.25) is 25.0 Å². The standard InChI is InChI=1S/C33H20N2O5/c36-33(29-11-3-1-9-25(29)21-13-5-17-27-23(21)15-7-19-31(27)34(37)38)30-12-4-2-10-26(30)22-14-6-18-28-24(22)16-8-20-32(28)35(39)40/h1-20H. The van der Waals surface area contributed by atoms with E-state index in [0.29, 0.717) is 54.9 Å². The Kier molecular flexibility index (Phi) is 6.09. The monoisotopic (exact) mass is 524 g/mol. The molecule has 0 fully saturated rings. The van der Waals surface area contributed by atoms with Crippen LogP contribution in [0.4, 0.5) is 11.4 Å². The number of non-ortho nitro benzene ring substituents is 2. The second-order valence-electron chi connectivity index (χ2n) is 9.29. The SMILES string of the molecule is O=C(c1ccccc1-c1cccc2c([N+](=O)[O-])cccc12)c1ccccc1-c1cccc2c([N+](=O)[O-])cccc12. The largest absolute Gasteiger partial charge is 0.289 e. The van der Waals surface area contributed by atoms with E-state index in [0.717, 1.165) is 0 Å². The van der Waals surface area contributed by atoms with E-state index in [4.69, 9.17) is 0 Å². The lowest BCUT2D eigenvalue weighted by Gasteiger charge is -2.15. The molecule has 0 heterocycles. The minimum Gasteiger partial charge on any atom is -0.289 e. The minimum atomic E-state index is -0.409. The molecule has 0 saturated heterocycles. The third-order valence-corrected chi connectivity index (χ3v) is 7.12. The summed E-state index contributed by atoms with van der Waals surface area (Å²) < 4.78 is 0. The van der Waals surface area contributed by atoms with Crippen molar-refractivity contribution in [1.82, 2.24) is 0 Å². The molecule has 0 aliphatic heterocycles. The second-order valence-corrected chi connectivity index (χ2v) is 9.29. The Balaban J connectivity index is 1.54. The van der Waals surface area contributed by atoms with E-state index in [2.05, 4.69) is 0 Å². The molecular weight excluding hydrogens is 504 g/mol. The number of carbonyl (C=O) groups excluding carboxylic acids is 1. The molecule has 0 amide bonds. The Morgan fingerprint density at radius 1 is 0.425 bits per heavy atom. The number of hydrogen-bond donors (Lipinski definition) is 0. The van der Waals surface area contributed by atoms with Gasteiger partial charge in [-0.15, -0.1) is 0 Å². The van der Waals surface area contributed by atoms with Gasteiger partial charge in [-0.05, 0) is 45.2 Å². The highest BCUT2D eigenvalue weighted by Crippen LogP contribution is 2.38. The zero-order chi connectivity index (χ0) is 27.8. The average Bonchev–Trinajstić information content (AvgIpc) is 2.99. The van der Waals surface area contributed by atoms with E-state index in [1.165, 1.54) is 12.1 Å². The first kappa shape index (κ1) is 24.6. The lowest BCUT2D eigenvalue weighted by molar-refractivity contribution is -0.383. The maximum atomic E-state index is 14.2. The predicted molar refractivity (Wildman–Crippen MR) is 156 cm³/mol. The fraction of sp³-hybridized carbons (Fsp3) is 0. The van der Waals surface area contributed by atoms with Crippen LogP contribution in [0.15, 0.2) is 121 Å². The maximum absolute atomic E-state index is 14.2. The number of hydrogen-bond acceptors (Lipinski definition) is 5. The van der Waals surface area contributed by atoms with Crippen molar-refractivity contribution in [2.24, 2.45) is 0 Å². The summed E-state index contributed by atoms with van der Waals surface area (Å²) in [6.07, 6.45) is 0. The van der Waals surface area contributed by atoms with E-state index < -0.39 is 9.85 Å². The van der Waals surface area contributed by atoms with Crippen molar-refractivity contribution in [3.63, 3.8) is 0 Å². The van der Waals surface area contributed by atoms with Gasteiger partial charge in [0.2, 0.25) is 0 Å². The third kappa shape index (κ3) is 4.06. The molecule has 0 N–H and O–H groups in total. The molecule has 0 aliphatic rings. The number of nitro groups is 2. The minimum absolute atomic E-state index is 0.00134. The summed E-state index contributed by atoms with van der Waals surface area (Å²) >= 11 is 0. The average molecular weight is 525 g/mol. The van der Waals surface area contributed by atoms with Crippen LogP contribution in [0, 0.1) is 20.2 Å². The highest BCUT2D eigenvalue weighted by atomic mass is 16.6. The summed E-state index contributed by atoms with van der Waals surface area (Å²) in [5.74, 6) is -0.226. The van der Waals surface area contributed by atoms with Crippen LogP contribution in [0.25, 0.3) is 43.8 Å². The smallest absolute Gasteiger partial charge is 0.277 e. The molecule has 6 aromatic rings. The Labute approximate surface area is 228 Å². The van der Waals surface area contributed by atoms with Crippen molar-refractivity contribution in [3.05, 3.63) is 153 Å². The van der Waals surface area contributed by atoms with Gasteiger partial charge in [0.25, 0.3) is 11.4 Å². The van der Waals surface area contributed by atoms with Gasteiger partial charge in [-0.2, -0.15) is 0 Å². The Morgan fingerprint density at radius 2 is 0.775 bits per heavy atom. The van der Waals surface area contributed by atoms with Gasteiger partial charge in [0.05, 0.1) is 20.6 Å². The van der Waals surface area contributed by atoms with Crippen molar-refractivity contribution >= 4 is 38.7 Å². The van der Waals surface area contributed by atoms with E-state index in [1.807, 2.05) is 48.5 Å². The number of fused-ring (bicyclic) bond motifs is 2. The first-order chi connectivity index (χ1) is 19.5. The van der Waals surface area contributed by atoms with Crippen LogP contribution >= 0.6 is 0 Å². The Morgan fingerprint density at radius 3 is 1.20 bits per heavy atom. The molecule has 6 rings (SSSR count). The summed E-state index contributed by atoms with van der Waals surface area (Å²) in [7, 11) is 0. The van der Waals surface area contributed by atoms with Crippen LogP contribution in [0.1, 0.15) is 15.9 Å². The summed E-state index contributed by atoms with van der Waals surface area (Å²) in [6.45, 7) is 0. The molecule has 0 bridgehead atoms. The molecule has 0 aromatic heterocycles. The van der Waals surface area contributed by atoms with Gasteiger partial charge in [0.1, 0.15) is 0 Å². The first-order valence-corrected chi connectivity index (χ1v) is 12.5. The first-order valence-electron chi connectivity index (χ1n) is 12.5. The third-order valence-electron chi connectivity index (χ3n) is 7.12. The summed E-state index contributed by atoms with van der Waals surface area (Å²) in [4.78, 5) is 36.7. The fourth-order valence-corrected chi connectivity index (χ4v) is 5.35. The molecule has 192 valence electrons. The number of nitro benzene ring substituents is 2. The van der Waals surface area contributed by atoms with Gasteiger partial charge in [0.15, 0.2) is 5.78 Å². The molecule has 0 atom stereocenters. The molecule has 0 radical (unpaired) electrons. The predicted octanol–water partition coefficient (Wildman–Crippen LogP) is 8.37. The van der Waals surface area contributed by atoms with Gasteiger partial charge in [-0.1, -0.05) is 97.1 Å². The van der Waals surface area contributed by atoms with Gasteiger partial charge in [-0.25, -0.2) is 0 Å². The van der Waals surface area contributed by atoms with E-state index in [1.54, 1.807) is 60.7 Å². The normalized spacial score (nSPS) is 11.0. The summed E-state index contributed by atoms with van der Waals surface area (Å²) in [5.41, 5.74) is 3.62. The Bertz CT molecular complexity index is 1850. The van der Waals surface area contributed by atoms with E-state index in [9.17, 15) is 25.0 Å². The molecule has 6 aromatic carbocycles. The number of benzene rings is 6. The number of ketones is 1. The highest BCUT2D eigenvalue weighted by molar-refractivity contribution is 6.18. The van der Waals surface area contributed by atoms with Crippen molar-refractivity contribution < 1.29 is 14.6 Å². The van der Waals surface area contributed by atoms with Crippen molar-refractivity contribution in [2.45, 2.75) is 0 Å². The lowest BCUT2D eigenvalue weighted by Crippen LogP contribution is -2.06. The summed E-state index contributed by atoms with van der Waals surface area (Å²) in [5, 5.41) is 25.6. The topological polar surface area (TPSA) is 103 Å². The molecule has 7 nitrogen and oxygen atoms in total. The number of nitrogens with zero attached hydrogens (tertiary/aromatic N) is 2. The molecule has 0 unspecified atom stereocenters. The molecule has 0 aliphatic carbocycles. The Hall–Kier alpha value is -5.69. The van der Waals surface area contributed by atoms with Crippen LogP contribution in [-0.4, -0.2) is 15.6 Å². The molecule has 7 heteroatoms. The lowest BCUT2D eigenvalue weighted by atomic mass is 9.87. The van der Waals surface area contributed by atoms with Crippen LogP contribution in [-0.2, 0) is 0 Å². The van der Waals surface area contributed by atoms with E-state index in [-0.39, 0.29) is 17.2 Å². The van der Waals surface area contributed by atoms with Crippen LogP contribution in [0.3, 0.4) is 0 Å². The number of carbonyl (C=O) groups is 1. The molecule has 0 spiro atoms. The van der Waals surface area contributed by atoms with Crippen molar-refractivity contribution in [1.29, 1.82) is 0 Å². The molecule has 0 saturated carbocycles. The fourth-order valence-electron chi connectivity index (χ4n) is 5.35. The summed E-state index contributed by atoms with van der Waals surface area (Å²) in [6, 6.07) is 34.9. The van der Waals surface area contributed by atoms with Gasteiger partial charge < -0.3 is 0 Å². The zero-order valence-corrected chi connectivity index (χ0v) is 21.0. The van der Waals surface area contributed by atoms with Crippen LogP contribution in [0.2, 0.25) is 0 Å². The quantitative estimate of drug-likeness (QED) is 0.124. The maximum Gasteiger partial charge on any atom is 0.277 e. The number of rotatable bonds is 6. The van der Waals surface area contributed by atoms with Crippen LogP contribution < -0.4 is 0 Å². The second kappa shape index (κ2) is 9.89. The van der Waals surface area contributed by atoms with Crippen LogP contribution in [0.5, 0.6) is 0 Å². The van der Waals surface area contributed by atoms with Gasteiger partial charge in [0, 0.05) is 23.3 Å². The zero-order valence-electron chi connectivity index (χ0n) is 21.0.